The number of para-hydroxylation sites is 1. The molecule has 0 spiro atoms. The molecular weight excluding hydrogens is 184 g/mol. The summed E-state index contributed by atoms with van der Waals surface area (Å²) in [6, 6.07) is 8.49. The summed E-state index contributed by atoms with van der Waals surface area (Å²) in [4.78, 5) is 3.33. The van der Waals surface area contributed by atoms with Crippen LogP contribution in [0.5, 0.6) is 0 Å². The number of aromatic amines is 1. The summed E-state index contributed by atoms with van der Waals surface area (Å²) >= 11 is 0. The van der Waals surface area contributed by atoms with Crippen molar-refractivity contribution in [2.24, 2.45) is 0 Å². The van der Waals surface area contributed by atoms with E-state index in [1.807, 2.05) is 0 Å². The molecule has 0 bridgehead atoms. The van der Waals surface area contributed by atoms with Crippen LogP contribution < -0.4 is 5.32 Å². The molecule has 15 heavy (non-hydrogen) atoms. The lowest BCUT2D eigenvalue weighted by atomic mass is 9.94. The molecule has 0 saturated heterocycles. The van der Waals surface area contributed by atoms with E-state index in [1.54, 1.807) is 0 Å². The second-order valence-electron chi connectivity index (χ2n) is 4.00. The molecular formula is C13H14N2. The number of hydrogen-bond donors (Lipinski definition) is 2. The standard InChI is InChI=1S/C13H14N2/c1-2-4-13-11(3-1)12(9-15-13)10-5-7-14-8-6-10/h1-5,7,9-10,14-15H,6,8H2. The summed E-state index contributed by atoms with van der Waals surface area (Å²) in [6.45, 7) is 1.07. The Bertz CT molecular complexity index is 496. The maximum Gasteiger partial charge on any atom is 0.0457 e. The highest BCUT2D eigenvalue weighted by molar-refractivity contribution is 5.83. The van der Waals surface area contributed by atoms with Gasteiger partial charge in [-0.3, -0.25) is 0 Å². The molecule has 2 aromatic rings. The Kier molecular flexibility index (Phi) is 1.98. The first-order valence-electron chi connectivity index (χ1n) is 5.41. The van der Waals surface area contributed by atoms with Gasteiger partial charge in [-0.15, -0.1) is 0 Å². The summed E-state index contributed by atoms with van der Waals surface area (Å²) in [5.74, 6) is 0.558. The summed E-state index contributed by atoms with van der Waals surface area (Å²) in [6.07, 6.45) is 7.64. The second-order valence-corrected chi connectivity index (χ2v) is 4.00. The zero-order chi connectivity index (χ0) is 10.1. The normalized spacial score (nSPS) is 20.4. The van der Waals surface area contributed by atoms with Gasteiger partial charge < -0.3 is 10.3 Å². The number of H-pyrrole nitrogens is 1. The van der Waals surface area contributed by atoms with E-state index in [0.29, 0.717) is 5.92 Å². The Hall–Kier alpha value is -1.70. The van der Waals surface area contributed by atoms with E-state index in [1.165, 1.54) is 22.9 Å². The van der Waals surface area contributed by atoms with Crippen LogP contribution in [0.4, 0.5) is 0 Å². The highest BCUT2D eigenvalue weighted by Crippen LogP contribution is 2.29. The predicted molar refractivity (Wildman–Crippen MR) is 62.8 cm³/mol. The van der Waals surface area contributed by atoms with Crippen LogP contribution >= 0.6 is 0 Å². The van der Waals surface area contributed by atoms with Gasteiger partial charge in [-0.25, -0.2) is 0 Å². The molecule has 2 heterocycles. The smallest absolute Gasteiger partial charge is 0.0457 e. The third-order valence-corrected chi connectivity index (χ3v) is 3.07. The van der Waals surface area contributed by atoms with Crippen LogP contribution in [0, 0.1) is 0 Å². The molecule has 0 saturated carbocycles. The second kappa shape index (κ2) is 3.46. The monoisotopic (exact) mass is 198 g/mol. The number of allylic oxidation sites excluding steroid dienone is 1. The minimum absolute atomic E-state index is 0.558. The number of rotatable bonds is 1. The molecule has 3 rings (SSSR count). The first-order valence-corrected chi connectivity index (χ1v) is 5.41. The van der Waals surface area contributed by atoms with Gasteiger partial charge in [0.15, 0.2) is 0 Å². The van der Waals surface area contributed by atoms with Gasteiger partial charge in [0.05, 0.1) is 0 Å². The van der Waals surface area contributed by atoms with Crippen molar-refractivity contribution in [3.8, 4) is 0 Å². The summed E-state index contributed by atoms with van der Waals surface area (Å²) in [5, 5.41) is 4.59. The molecule has 1 aliphatic heterocycles. The Morgan fingerprint density at radius 2 is 2.13 bits per heavy atom. The van der Waals surface area contributed by atoms with Crippen LogP contribution in [0.3, 0.4) is 0 Å². The summed E-state index contributed by atoms with van der Waals surface area (Å²) < 4.78 is 0. The van der Waals surface area contributed by atoms with Gasteiger partial charge in [0.25, 0.3) is 0 Å². The number of aromatic nitrogens is 1. The quantitative estimate of drug-likeness (QED) is 0.724. The van der Waals surface area contributed by atoms with Gasteiger partial charge in [-0.1, -0.05) is 24.3 Å². The largest absolute Gasteiger partial charge is 0.391 e. The van der Waals surface area contributed by atoms with Gasteiger partial charge in [-0.05, 0) is 24.3 Å². The van der Waals surface area contributed by atoms with Crippen LogP contribution in [-0.2, 0) is 0 Å². The number of fused-ring (bicyclic) bond motifs is 1. The Labute approximate surface area is 89.0 Å². The topological polar surface area (TPSA) is 27.8 Å². The number of hydrogen-bond acceptors (Lipinski definition) is 1. The fourth-order valence-corrected chi connectivity index (χ4v) is 2.26. The fraction of sp³-hybridized carbons (Fsp3) is 0.231. The van der Waals surface area contributed by atoms with Gasteiger partial charge >= 0.3 is 0 Å². The van der Waals surface area contributed by atoms with E-state index in [-0.39, 0.29) is 0 Å². The van der Waals surface area contributed by atoms with Crippen molar-refractivity contribution in [2.75, 3.05) is 6.54 Å². The molecule has 0 fully saturated rings. The van der Waals surface area contributed by atoms with Gasteiger partial charge in [0, 0.05) is 29.6 Å². The maximum atomic E-state index is 3.33. The van der Waals surface area contributed by atoms with Crippen LogP contribution in [0.25, 0.3) is 10.9 Å². The van der Waals surface area contributed by atoms with Gasteiger partial charge in [-0.2, -0.15) is 0 Å². The van der Waals surface area contributed by atoms with E-state index in [0.717, 1.165) is 6.54 Å². The lowest BCUT2D eigenvalue weighted by molar-refractivity contribution is 0.660. The van der Waals surface area contributed by atoms with Crippen molar-refractivity contribution < 1.29 is 0 Å². The molecule has 1 aromatic carbocycles. The molecule has 2 N–H and O–H groups in total. The average molecular weight is 198 g/mol. The maximum absolute atomic E-state index is 3.33. The molecule has 0 radical (unpaired) electrons. The Morgan fingerprint density at radius 3 is 3.00 bits per heavy atom. The number of nitrogens with one attached hydrogen (secondary N) is 2. The fourth-order valence-electron chi connectivity index (χ4n) is 2.26. The van der Waals surface area contributed by atoms with Crippen LogP contribution in [0.15, 0.2) is 42.7 Å². The molecule has 1 atom stereocenters. The van der Waals surface area contributed by atoms with Crippen molar-refractivity contribution in [1.82, 2.24) is 10.3 Å². The minimum atomic E-state index is 0.558. The lowest BCUT2D eigenvalue weighted by Gasteiger charge is -2.16. The summed E-state index contributed by atoms with van der Waals surface area (Å²) in [5.41, 5.74) is 2.66. The van der Waals surface area contributed by atoms with Gasteiger partial charge in [0.1, 0.15) is 0 Å². The molecule has 76 valence electrons. The van der Waals surface area contributed by atoms with Crippen molar-refractivity contribution in [2.45, 2.75) is 12.3 Å². The zero-order valence-electron chi connectivity index (χ0n) is 8.53. The first-order chi connectivity index (χ1) is 7.45. The highest BCUT2D eigenvalue weighted by atomic mass is 14.8. The molecule has 2 heteroatoms. The Balaban J connectivity index is 2.10. The first kappa shape index (κ1) is 8.60. The predicted octanol–water partition coefficient (Wildman–Crippen LogP) is 2.76. The van der Waals surface area contributed by atoms with E-state index in [4.69, 9.17) is 0 Å². The van der Waals surface area contributed by atoms with Crippen LogP contribution in [-0.4, -0.2) is 11.5 Å². The lowest BCUT2D eigenvalue weighted by Crippen LogP contribution is -2.15. The average Bonchev–Trinajstić information content (AvgIpc) is 2.74. The van der Waals surface area contributed by atoms with E-state index >= 15 is 0 Å². The summed E-state index contributed by atoms with van der Waals surface area (Å²) in [7, 11) is 0. The third-order valence-electron chi connectivity index (χ3n) is 3.07. The van der Waals surface area contributed by atoms with Crippen molar-refractivity contribution >= 4 is 10.9 Å². The molecule has 1 aliphatic rings. The van der Waals surface area contributed by atoms with Crippen molar-refractivity contribution in [3.63, 3.8) is 0 Å². The molecule has 1 unspecified atom stereocenters. The van der Waals surface area contributed by atoms with E-state index in [2.05, 4.69) is 53.0 Å². The van der Waals surface area contributed by atoms with E-state index < -0.39 is 0 Å². The van der Waals surface area contributed by atoms with Crippen LogP contribution in [0.1, 0.15) is 17.9 Å². The van der Waals surface area contributed by atoms with Crippen molar-refractivity contribution in [3.05, 3.63) is 48.3 Å². The Morgan fingerprint density at radius 1 is 1.20 bits per heavy atom. The SMILES string of the molecule is C1=CC(c2c[nH]c3ccccc23)CCN1. The molecule has 0 aliphatic carbocycles. The molecule has 0 amide bonds. The van der Waals surface area contributed by atoms with Crippen molar-refractivity contribution in [1.29, 1.82) is 0 Å². The van der Waals surface area contributed by atoms with Crippen LogP contribution in [0.2, 0.25) is 0 Å². The highest BCUT2D eigenvalue weighted by Gasteiger charge is 2.14. The van der Waals surface area contributed by atoms with Gasteiger partial charge in [0.2, 0.25) is 0 Å². The molecule has 1 aromatic heterocycles. The molecule has 2 nitrogen and oxygen atoms in total. The number of benzene rings is 1. The minimum Gasteiger partial charge on any atom is -0.391 e. The third kappa shape index (κ3) is 1.42. The zero-order valence-corrected chi connectivity index (χ0v) is 8.53. The van der Waals surface area contributed by atoms with E-state index in [9.17, 15) is 0 Å².